The van der Waals surface area contributed by atoms with Crippen LogP contribution in [-0.2, 0) is 22.6 Å². The highest BCUT2D eigenvalue weighted by atomic mass is 35.5. The maximum atomic E-state index is 13.4. The molecule has 9 heteroatoms. The van der Waals surface area contributed by atoms with E-state index in [0.717, 1.165) is 22.6 Å². The van der Waals surface area contributed by atoms with Crippen LogP contribution < -0.4 is 19.7 Å². The van der Waals surface area contributed by atoms with Crippen molar-refractivity contribution in [3.05, 3.63) is 106 Å². The van der Waals surface area contributed by atoms with Gasteiger partial charge in [0.1, 0.15) is 18.0 Å². The molecule has 1 heterocycles. The molecule has 1 N–H and O–H groups in total. The quantitative estimate of drug-likeness (QED) is 0.211. The molecular weight excluding hydrogens is 511 g/mol. The Balaban J connectivity index is 1.72. The van der Waals surface area contributed by atoms with Crippen molar-refractivity contribution in [1.82, 2.24) is 5.32 Å². The molecule has 0 aliphatic carbocycles. The highest BCUT2D eigenvalue weighted by Gasteiger charge is 2.37. The van der Waals surface area contributed by atoms with E-state index in [9.17, 15) is 18.8 Å². The maximum Gasteiger partial charge on any atom is 0.335 e. The number of rotatable bonds is 9. The van der Waals surface area contributed by atoms with Crippen molar-refractivity contribution in [2.75, 3.05) is 11.5 Å². The van der Waals surface area contributed by atoms with Crippen molar-refractivity contribution in [3.63, 3.8) is 0 Å². The van der Waals surface area contributed by atoms with Gasteiger partial charge in [-0.2, -0.15) is 0 Å². The van der Waals surface area contributed by atoms with E-state index in [-0.39, 0.29) is 17.9 Å². The van der Waals surface area contributed by atoms with Crippen LogP contribution in [0.15, 0.2) is 78.9 Å². The zero-order valence-electron chi connectivity index (χ0n) is 20.5. The minimum absolute atomic E-state index is 0.123. The van der Waals surface area contributed by atoms with E-state index in [1.54, 1.807) is 24.3 Å². The Hall–Kier alpha value is -4.43. The Labute approximate surface area is 224 Å². The first-order chi connectivity index (χ1) is 18.3. The molecule has 1 aliphatic heterocycles. The number of hydrogen-bond acceptors (Lipinski definition) is 5. The van der Waals surface area contributed by atoms with Crippen LogP contribution in [0.3, 0.4) is 0 Å². The number of anilines is 1. The standard InChI is InChI=1S/C29H24ClFN2O5/c1-3-7-19-14-18(16-25(37-4-2)26(19)38-17-20-8-5-6-9-24(20)30)15-23-27(34)32-29(36)33(28(23)35)22-12-10-21(31)11-13-22/h3,5-6,8-16H,1,4,7,17H2,2H3,(H,32,34,36)/b23-15+. The Morgan fingerprint density at radius 3 is 2.45 bits per heavy atom. The summed E-state index contributed by atoms with van der Waals surface area (Å²) >= 11 is 6.28. The van der Waals surface area contributed by atoms with E-state index in [1.165, 1.54) is 18.2 Å². The number of carbonyl (C=O) groups is 3. The van der Waals surface area contributed by atoms with Gasteiger partial charge in [0.05, 0.1) is 12.3 Å². The summed E-state index contributed by atoms with van der Waals surface area (Å²) in [5.41, 5.74) is 1.83. The Kier molecular flexibility index (Phi) is 8.23. The van der Waals surface area contributed by atoms with Crippen LogP contribution in [0.25, 0.3) is 6.08 Å². The summed E-state index contributed by atoms with van der Waals surface area (Å²) in [6.45, 7) is 6.16. The van der Waals surface area contributed by atoms with E-state index in [1.807, 2.05) is 25.1 Å². The molecule has 3 aromatic carbocycles. The van der Waals surface area contributed by atoms with Crippen LogP contribution in [0.1, 0.15) is 23.6 Å². The SMILES string of the molecule is C=CCc1cc(/C=C2\C(=O)NC(=O)N(c3ccc(F)cc3)C2=O)cc(OCC)c1OCc1ccccc1Cl. The van der Waals surface area contributed by atoms with Gasteiger partial charge in [-0.1, -0.05) is 35.9 Å². The van der Waals surface area contributed by atoms with Crippen molar-refractivity contribution in [2.45, 2.75) is 20.0 Å². The van der Waals surface area contributed by atoms with Gasteiger partial charge in [-0.3, -0.25) is 14.9 Å². The predicted octanol–water partition coefficient (Wildman–Crippen LogP) is 5.85. The number of halogens is 2. The highest BCUT2D eigenvalue weighted by Crippen LogP contribution is 2.36. The number of benzene rings is 3. The molecule has 0 aromatic heterocycles. The lowest BCUT2D eigenvalue weighted by Crippen LogP contribution is -2.54. The van der Waals surface area contributed by atoms with Crippen molar-refractivity contribution in [1.29, 1.82) is 0 Å². The first-order valence-corrected chi connectivity index (χ1v) is 12.1. The van der Waals surface area contributed by atoms with Gasteiger partial charge in [0.15, 0.2) is 11.5 Å². The number of allylic oxidation sites excluding steroid dienone is 1. The van der Waals surface area contributed by atoms with Gasteiger partial charge in [0.25, 0.3) is 11.8 Å². The largest absolute Gasteiger partial charge is 0.490 e. The van der Waals surface area contributed by atoms with Crippen molar-refractivity contribution >= 4 is 41.2 Å². The topological polar surface area (TPSA) is 84.9 Å². The van der Waals surface area contributed by atoms with Crippen molar-refractivity contribution in [3.8, 4) is 11.5 Å². The van der Waals surface area contributed by atoms with E-state index in [0.29, 0.717) is 40.7 Å². The monoisotopic (exact) mass is 534 g/mol. The second-order valence-corrected chi connectivity index (χ2v) is 8.65. The predicted molar refractivity (Wildman–Crippen MR) is 143 cm³/mol. The summed E-state index contributed by atoms with van der Waals surface area (Å²) in [4.78, 5) is 39.1. The Morgan fingerprint density at radius 1 is 1.03 bits per heavy atom. The van der Waals surface area contributed by atoms with E-state index >= 15 is 0 Å². The molecule has 1 fully saturated rings. The molecule has 0 radical (unpaired) electrons. The van der Waals surface area contributed by atoms with Crippen LogP contribution in [0.4, 0.5) is 14.9 Å². The van der Waals surface area contributed by atoms with E-state index < -0.39 is 23.7 Å². The van der Waals surface area contributed by atoms with Crippen LogP contribution in [-0.4, -0.2) is 24.5 Å². The number of barbiturate groups is 1. The number of imide groups is 2. The molecule has 7 nitrogen and oxygen atoms in total. The second-order valence-electron chi connectivity index (χ2n) is 8.25. The molecule has 0 unspecified atom stereocenters. The normalized spacial score (nSPS) is 14.4. The van der Waals surface area contributed by atoms with Crippen LogP contribution in [0.2, 0.25) is 5.02 Å². The lowest BCUT2D eigenvalue weighted by atomic mass is 10.0. The minimum atomic E-state index is -0.922. The molecule has 0 bridgehead atoms. The lowest BCUT2D eigenvalue weighted by Gasteiger charge is -2.26. The molecular formula is C29H24ClFN2O5. The molecule has 0 saturated carbocycles. The Morgan fingerprint density at radius 2 is 1.76 bits per heavy atom. The van der Waals surface area contributed by atoms with Crippen molar-refractivity contribution < 1.29 is 28.2 Å². The molecule has 3 aromatic rings. The molecule has 4 rings (SSSR count). The van der Waals surface area contributed by atoms with Gasteiger partial charge in [-0.25, -0.2) is 14.1 Å². The molecule has 4 amide bonds. The number of carbonyl (C=O) groups excluding carboxylic acids is 3. The summed E-state index contributed by atoms with van der Waals surface area (Å²) in [6, 6.07) is 14.6. The number of urea groups is 1. The van der Waals surface area contributed by atoms with Crippen molar-refractivity contribution in [2.24, 2.45) is 0 Å². The summed E-state index contributed by atoms with van der Waals surface area (Å²) in [7, 11) is 0. The van der Waals surface area contributed by atoms with Crippen LogP contribution >= 0.6 is 11.6 Å². The Bertz CT molecular complexity index is 1440. The van der Waals surface area contributed by atoms with Gasteiger partial charge in [-0.15, -0.1) is 6.58 Å². The fourth-order valence-corrected chi connectivity index (χ4v) is 4.11. The zero-order valence-corrected chi connectivity index (χ0v) is 21.3. The average molecular weight is 535 g/mol. The van der Waals surface area contributed by atoms with E-state index in [4.69, 9.17) is 21.1 Å². The maximum absolute atomic E-state index is 13.4. The third-order valence-electron chi connectivity index (χ3n) is 5.65. The number of ether oxygens (including phenoxy) is 2. The van der Waals surface area contributed by atoms with Gasteiger partial charge in [0, 0.05) is 16.1 Å². The van der Waals surface area contributed by atoms with E-state index in [2.05, 4.69) is 11.9 Å². The minimum Gasteiger partial charge on any atom is -0.490 e. The molecule has 0 spiro atoms. The van der Waals surface area contributed by atoms with Gasteiger partial charge in [0.2, 0.25) is 0 Å². The molecule has 1 aliphatic rings. The fraction of sp³-hybridized carbons (Fsp3) is 0.138. The smallest absolute Gasteiger partial charge is 0.335 e. The molecule has 1 saturated heterocycles. The summed E-state index contributed by atoms with van der Waals surface area (Å²) in [6.07, 6.45) is 3.47. The average Bonchev–Trinajstić information content (AvgIpc) is 2.88. The summed E-state index contributed by atoms with van der Waals surface area (Å²) < 4.78 is 25.3. The molecule has 194 valence electrons. The first kappa shape index (κ1) is 26.6. The van der Waals surface area contributed by atoms with Crippen LogP contribution in [0, 0.1) is 5.82 Å². The third-order valence-corrected chi connectivity index (χ3v) is 6.01. The second kappa shape index (κ2) is 11.7. The molecule has 38 heavy (non-hydrogen) atoms. The number of nitrogens with one attached hydrogen (secondary N) is 1. The van der Waals surface area contributed by atoms with Crippen LogP contribution in [0.5, 0.6) is 11.5 Å². The van der Waals surface area contributed by atoms with Gasteiger partial charge >= 0.3 is 6.03 Å². The zero-order chi connectivity index (χ0) is 27.2. The summed E-state index contributed by atoms with van der Waals surface area (Å²) in [5, 5.41) is 2.73. The lowest BCUT2D eigenvalue weighted by molar-refractivity contribution is -0.122. The first-order valence-electron chi connectivity index (χ1n) is 11.8. The number of amides is 4. The van der Waals surface area contributed by atoms with Gasteiger partial charge < -0.3 is 9.47 Å². The highest BCUT2D eigenvalue weighted by molar-refractivity contribution is 6.39. The van der Waals surface area contributed by atoms with Gasteiger partial charge in [-0.05, 0) is 67.4 Å². The number of nitrogens with zero attached hydrogens (tertiary/aromatic N) is 1. The summed E-state index contributed by atoms with van der Waals surface area (Å²) in [5.74, 6) is -1.33. The fourth-order valence-electron chi connectivity index (χ4n) is 3.91. The number of hydrogen-bond donors (Lipinski definition) is 1. The third kappa shape index (κ3) is 5.76. The molecule has 0 atom stereocenters.